The van der Waals surface area contributed by atoms with Gasteiger partial charge in [0.05, 0.1) is 23.5 Å². The van der Waals surface area contributed by atoms with Crippen LogP contribution in [0.2, 0.25) is 0 Å². The van der Waals surface area contributed by atoms with Gasteiger partial charge in [-0.25, -0.2) is 34.8 Å². The maximum absolute atomic E-state index is 13.2. The highest BCUT2D eigenvalue weighted by atomic mass is 32.2. The summed E-state index contributed by atoms with van der Waals surface area (Å²) in [4.78, 5) is 66.3. The lowest BCUT2D eigenvalue weighted by Gasteiger charge is -2.38. The van der Waals surface area contributed by atoms with Crippen molar-refractivity contribution in [1.29, 1.82) is 5.26 Å². The van der Waals surface area contributed by atoms with Crippen LogP contribution >= 0.6 is 24.4 Å². The number of ketones is 3. The van der Waals surface area contributed by atoms with Crippen LogP contribution in [0.25, 0.3) is 66.1 Å². The first kappa shape index (κ1) is 97.4. The van der Waals surface area contributed by atoms with E-state index in [0.29, 0.717) is 75.9 Å². The molecule has 0 atom stereocenters. The van der Waals surface area contributed by atoms with E-state index in [1.54, 1.807) is 59.7 Å². The molecule has 2 amide bonds. The van der Waals surface area contributed by atoms with E-state index in [2.05, 4.69) is 11.4 Å². The highest BCUT2D eigenvalue weighted by Crippen LogP contribution is 2.44. The number of aromatic nitrogens is 3. The fourth-order valence-corrected chi connectivity index (χ4v) is 20.4. The van der Waals surface area contributed by atoms with Gasteiger partial charge >= 0.3 is 58.8 Å². The number of sulfonamides is 3. The Morgan fingerprint density at radius 2 is 0.723 bits per heavy atom. The van der Waals surface area contributed by atoms with E-state index in [1.807, 2.05) is 141 Å². The summed E-state index contributed by atoms with van der Waals surface area (Å²) in [6, 6.07) is 41.3. The molecule has 0 bridgehead atoms. The van der Waals surface area contributed by atoms with Crippen molar-refractivity contribution in [3.63, 3.8) is 0 Å². The largest absolute Gasteiger partial charge is 0.511 e. The van der Waals surface area contributed by atoms with Crippen molar-refractivity contribution in [2.24, 2.45) is 29.2 Å². The molecule has 0 radical (unpaired) electrons. The number of piperidine rings is 3. The minimum Gasteiger partial charge on any atom is -0.444 e. The van der Waals surface area contributed by atoms with E-state index < -0.39 is 70.0 Å². The molecule has 39 heteroatoms. The van der Waals surface area contributed by atoms with Crippen molar-refractivity contribution in [3.05, 3.63) is 179 Å². The van der Waals surface area contributed by atoms with Gasteiger partial charge < -0.3 is 49.8 Å². The first-order valence-corrected chi connectivity index (χ1v) is 47.8. The molecule has 6 saturated heterocycles. The molecule has 15 rings (SSSR count). The Kier molecular flexibility index (Phi) is 28.9. The van der Waals surface area contributed by atoms with E-state index in [4.69, 9.17) is 45.4 Å². The van der Waals surface area contributed by atoms with Crippen molar-refractivity contribution >= 4 is 127 Å². The molecule has 9 aromatic rings. The minimum atomic E-state index is -5.40. The van der Waals surface area contributed by atoms with E-state index in [-0.39, 0.29) is 154 Å². The summed E-state index contributed by atoms with van der Waals surface area (Å²) < 4.78 is 208. The molecule has 9 heterocycles. The Balaban J connectivity index is 0.000000167. The standard InChI is InChI=1S/C32H37F3N4O5S2.C32H35F3N4O5S.C27H29F3N4O3S2/c1-31(2,3)44-30(41)37-17-23(18-37)28(40)10-8-20-7-9-25-26(21-5-4-6-22(16-21)29(36)45)19-39(27(25)15-20)24-11-13-38(14-12-24)46(42,43)32(33,34)35;1-31(2,3)44-30(41)37-18-24(19-37)29(40)10-8-21-7-9-26-27(23-6-4-5-22(15-23)17-36)20-39(28(26)16-21)25-11-13-38(14-12-25)45(42,43)32(33,34)35;28-27(29,30)39(36,37)33-10-8-21(9-11-33)34-16-23(18-2-1-3-19(13-18)26(31)38)22-6-4-17(12-24(22)34)5-7-25(35)20-14-32-15-20/h4-7,9,15-16,19,23-24H,8,10-14,17-18H2,1-3H3,(H2,36,45);4-7,9,15-16,20,24-25H,8,10-14,18-19H2,1-3H3;1-4,6,12-13,16,20-21,32H,5,7-11,14-15H2,(H2,31,38). The van der Waals surface area contributed by atoms with Gasteiger partial charge in [0.15, 0.2) is 0 Å². The van der Waals surface area contributed by atoms with Crippen LogP contribution in [0.3, 0.4) is 0 Å². The van der Waals surface area contributed by atoms with Crippen molar-refractivity contribution < 1.29 is 98.2 Å². The van der Waals surface area contributed by atoms with Gasteiger partial charge in [-0.1, -0.05) is 109 Å². The van der Waals surface area contributed by atoms with Gasteiger partial charge in [0.1, 0.15) is 38.5 Å². The van der Waals surface area contributed by atoms with Crippen LogP contribution in [0, 0.1) is 29.1 Å². The number of hydrogen-bond donors (Lipinski definition) is 3. The Labute approximate surface area is 758 Å². The SMILES string of the molecule is CC(C)(C)OC(=O)N1CC(C(=O)CCc2ccc3c(-c4cccc(C#N)c4)cn(C4CCN(S(=O)(=O)C(F)(F)F)CC4)c3c2)C1.CC(C)(C)OC(=O)N1CC(C(=O)CCc2ccc3c(-c4cccc(C(N)=S)c4)cn(C4CCN(S(=O)(=O)C(F)(F)F)CC4)c3c2)C1.NC(=S)c1cccc(-c2cn(C3CCN(S(=O)(=O)C(F)(F)F)CC3)c3cc(CCC(=O)C4CNC4)ccc23)c1. The third-order valence-electron chi connectivity index (χ3n) is 24.5. The average Bonchev–Trinajstić information content (AvgIpc) is 1.66. The second-order valence-electron chi connectivity index (χ2n) is 35.6. The number of carbonyl (C=O) groups excluding carboxylic acids is 5. The van der Waals surface area contributed by atoms with Crippen LogP contribution in [0.5, 0.6) is 0 Å². The van der Waals surface area contributed by atoms with Crippen molar-refractivity contribution in [2.75, 3.05) is 78.5 Å². The summed E-state index contributed by atoms with van der Waals surface area (Å²) in [6.07, 6.45) is 8.74. The Morgan fingerprint density at radius 1 is 0.431 bits per heavy atom. The minimum absolute atomic E-state index is 0.0533. The molecule has 0 saturated carbocycles. The summed E-state index contributed by atoms with van der Waals surface area (Å²) in [5.41, 5.74) is 6.88. The third-order valence-corrected chi connectivity index (χ3v) is 29.8. The smallest absolute Gasteiger partial charge is 0.444 e. The molecule has 5 N–H and O–H groups in total. The van der Waals surface area contributed by atoms with Crippen LogP contribution in [-0.2, 0) is 73.2 Å². The number of nitrogens with zero attached hydrogens (tertiary/aromatic N) is 9. The van der Waals surface area contributed by atoms with Gasteiger partial charge in [-0.3, -0.25) is 14.4 Å². The molecule has 6 fully saturated rings. The quantitative estimate of drug-likeness (QED) is 0.0396. The van der Waals surface area contributed by atoms with Gasteiger partial charge in [0.2, 0.25) is 0 Å². The number of nitrogens with one attached hydrogen (secondary N) is 1. The van der Waals surface area contributed by atoms with Gasteiger partial charge in [0, 0.05) is 201 Å². The first-order valence-electron chi connectivity index (χ1n) is 42.6. The molecule has 0 aliphatic carbocycles. The Hall–Kier alpha value is -10.2. The van der Waals surface area contributed by atoms with E-state index >= 15 is 0 Å². The molecular weight excluding hydrogens is 1800 g/mol. The number of benzene rings is 6. The molecule has 130 heavy (non-hydrogen) atoms. The summed E-state index contributed by atoms with van der Waals surface area (Å²) in [5.74, 6) is -0.0737. The predicted molar refractivity (Wildman–Crippen MR) is 482 cm³/mol. The van der Waals surface area contributed by atoms with Gasteiger partial charge in [-0.15, -0.1) is 0 Å². The second kappa shape index (κ2) is 38.6. The third kappa shape index (κ3) is 21.9. The Bertz CT molecular complexity index is 6230. The fraction of sp³-hybridized carbons (Fsp3) is 0.451. The monoisotopic (exact) mass is 1900 g/mol. The number of halogens is 9. The summed E-state index contributed by atoms with van der Waals surface area (Å²) >= 11 is 10.3. The summed E-state index contributed by atoms with van der Waals surface area (Å²) in [7, 11) is -16.2. The highest BCUT2D eigenvalue weighted by Gasteiger charge is 2.53. The number of rotatable bonds is 23. The average molecular weight is 1900 g/mol. The van der Waals surface area contributed by atoms with Crippen molar-refractivity contribution in [3.8, 4) is 39.4 Å². The van der Waals surface area contributed by atoms with Crippen LogP contribution in [0.1, 0.15) is 151 Å². The molecule has 0 unspecified atom stereocenters. The number of Topliss-reactive ketones (excluding diaryl/α,β-unsaturated/α-hetero) is 3. The topological polar surface area (TPSA) is 325 Å². The van der Waals surface area contributed by atoms with E-state index in [9.17, 15) is 94.0 Å². The number of fused-ring (bicyclic) bond motifs is 3. The van der Waals surface area contributed by atoms with Crippen molar-refractivity contribution in [1.82, 2.24) is 41.7 Å². The number of ether oxygens (including phenoxy) is 2. The van der Waals surface area contributed by atoms with Crippen LogP contribution < -0.4 is 16.8 Å². The molecule has 6 aliphatic heterocycles. The van der Waals surface area contributed by atoms with Gasteiger partial charge in [0.25, 0.3) is 0 Å². The fourth-order valence-electron chi connectivity index (χ4n) is 17.2. The van der Waals surface area contributed by atoms with Crippen LogP contribution in [-0.4, -0.2) is 207 Å². The zero-order chi connectivity index (χ0) is 94.3. The normalized spacial score (nSPS) is 17.4. The molecule has 0 spiro atoms. The molecule has 25 nitrogen and oxygen atoms in total. The zero-order valence-electron chi connectivity index (χ0n) is 72.2. The van der Waals surface area contributed by atoms with Gasteiger partial charge in [-0.05, 0) is 175 Å². The molecule has 696 valence electrons. The number of aryl methyl sites for hydroxylation is 3. The van der Waals surface area contributed by atoms with Crippen molar-refractivity contribution in [2.45, 2.75) is 164 Å². The van der Waals surface area contributed by atoms with E-state index in [1.165, 1.54) is 9.80 Å². The second-order valence-corrected chi connectivity index (χ2v) is 42.3. The predicted octanol–water partition coefficient (Wildman–Crippen LogP) is 16.0. The summed E-state index contributed by atoms with van der Waals surface area (Å²) in [5, 5.41) is 15.3. The number of thiocarbonyl (C=S) groups is 2. The number of hydrogen-bond acceptors (Lipinski definition) is 17. The van der Waals surface area contributed by atoms with Gasteiger partial charge in [-0.2, -0.15) is 57.7 Å². The zero-order valence-corrected chi connectivity index (χ0v) is 76.3. The highest BCUT2D eigenvalue weighted by molar-refractivity contribution is 7.90. The lowest BCUT2D eigenvalue weighted by atomic mass is 9.91. The number of amides is 2. The number of nitrogens with two attached hydrogens (primary N) is 2. The number of carbonyl (C=O) groups is 5. The Morgan fingerprint density at radius 3 is 0.992 bits per heavy atom. The maximum atomic E-state index is 13.2. The number of alkyl halides is 9. The lowest BCUT2D eigenvalue weighted by Crippen LogP contribution is -2.54. The molecule has 6 aromatic carbocycles. The molecule has 3 aromatic heterocycles. The molecule has 6 aliphatic rings. The van der Waals surface area contributed by atoms with Crippen LogP contribution in [0.4, 0.5) is 49.1 Å². The lowest BCUT2D eigenvalue weighted by molar-refractivity contribution is -0.128. The number of nitriles is 1. The van der Waals surface area contributed by atoms with E-state index in [0.717, 1.165) is 101 Å². The summed E-state index contributed by atoms with van der Waals surface area (Å²) in [6.45, 7) is 12.0. The first-order chi connectivity index (χ1) is 61.0. The number of likely N-dealkylation sites (tertiary alicyclic amines) is 2. The van der Waals surface area contributed by atoms with Crippen LogP contribution in [0.15, 0.2) is 146 Å². The molecular formula is C91H101F9N12O13S5. The maximum Gasteiger partial charge on any atom is 0.511 e.